The van der Waals surface area contributed by atoms with Crippen LogP contribution in [0, 0.1) is 30.8 Å². The number of nitrogens with one attached hydrogen (secondary N) is 1. The Morgan fingerprint density at radius 3 is 2.44 bits per heavy atom. The molecule has 2 aromatic carbocycles. The molecule has 0 atom stereocenters. The Morgan fingerprint density at radius 2 is 1.89 bits per heavy atom. The topological polar surface area (TPSA) is 62.1 Å². The molecule has 136 valence electrons. The van der Waals surface area contributed by atoms with E-state index in [2.05, 4.69) is 56.4 Å². The fraction of sp³-hybridized carbons (Fsp3) is 0.0526. The van der Waals surface area contributed by atoms with Crippen LogP contribution in [0.15, 0.2) is 35.9 Å². The Kier molecular flexibility index (Phi) is 8.24. The number of hydrogen-bond donors (Lipinski definition) is 1. The predicted molar refractivity (Wildman–Crippen MR) is 125 cm³/mol. The second-order valence-corrected chi connectivity index (χ2v) is 8.20. The van der Waals surface area contributed by atoms with Crippen LogP contribution in [-0.2, 0) is 4.79 Å². The zero-order chi connectivity index (χ0) is 20.0. The molecule has 4 nitrogen and oxygen atoms in total. The van der Waals surface area contributed by atoms with Gasteiger partial charge in [0.05, 0.1) is 17.2 Å². The van der Waals surface area contributed by atoms with E-state index in [0.717, 1.165) is 7.14 Å². The highest BCUT2D eigenvalue weighted by Gasteiger charge is 2.13. The van der Waals surface area contributed by atoms with Gasteiger partial charge in [-0.3, -0.25) is 4.79 Å². The van der Waals surface area contributed by atoms with Crippen LogP contribution in [0.1, 0.15) is 5.56 Å². The third kappa shape index (κ3) is 6.01. The maximum atomic E-state index is 12.4. The number of carbonyl (C=O) groups excluding carboxylic acids is 1. The average molecular weight is 623 g/mol. The molecule has 0 unspecified atom stereocenters. The summed E-state index contributed by atoms with van der Waals surface area (Å²) in [5.41, 5.74) is 1.08. The molecule has 1 amide bonds. The molecule has 0 spiro atoms. The van der Waals surface area contributed by atoms with E-state index in [4.69, 9.17) is 34.4 Å². The van der Waals surface area contributed by atoms with E-state index in [9.17, 15) is 10.1 Å². The lowest BCUT2D eigenvalue weighted by molar-refractivity contribution is -0.112. The predicted octanol–water partition coefficient (Wildman–Crippen LogP) is 5.76. The van der Waals surface area contributed by atoms with Crippen LogP contribution in [0.2, 0.25) is 10.0 Å². The summed E-state index contributed by atoms with van der Waals surface area (Å²) in [7, 11) is 0. The van der Waals surface area contributed by atoms with Crippen LogP contribution in [0.4, 0.5) is 5.69 Å². The monoisotopic (exact) mass is 622 g/mol. The summed E-state index contributed by atoms with van der Waals surface area (Å²) >= 11 is 16.0. The smallest absolute Gasteiger partial charge is 0.266 e. The summed E-state index contributed by atoms with van der Waals surface area (Å²) < 4.78 is 7.16. The quantitative estimate of drug-likeness (QED) is 0.200. The number of hydrogen-bond acceptors (Lipinski definition) is 3. The van der Waals surface area contributed by atoms with E-state index in [0.29, 0.717) is 27.0 Å². The molecule has 0 aliphatic carbocycles. The van der Waals surface area contributed by atoms with Crippen LogP contribution in [-0.4, -0.2) is 12.5 Å². The highest BCUT2D eigenvalue weighted by molar-refractivity contribution is 14.1. The molecule has 0 fully saturated rings. The molecule has 2 rings (SSSR count). The Morgan fingerprint density at radius 1 is 1.22 bits per heavy atom. The second kappa shape index (κ2) is 10.2. The number of nitrogens with zero attached hydrogens (tertiary/aromatic N) is 1. The van der Waals surface area contributed by atoms with Gasteiger partial charge in [0.15, 0.2) is 0 Å². The number of nitriles is 1. The van der Waals surface area contributed by atoms with Crippen molar-refractivity contribution in [1.29, 1.82) is 5.26 Å². The van der Waals surface area contributed by atoms with E-state index >= 15 is 0 Å². The number of terminal acetylenes is 1. The van der Waals surface area contributed by atoms with Crippen molar-refractivity contribution in [3.05, 3.63) is 58.7 Å². The standard InChI is InChI=1S/C19H10Cl2I2N2O2/c1-2-5-27-18-16(22)7-11(8-17(18)23)6-12(10-24)19(26)25-13-3-4-14(20)15(21)9-13/h1,3-4,6-9H,5H2,(H,25,26)/b12-6+. The van der Waals surface area contributed by atoms with Gasteiger partial charge in [0.1, 0.15) is 24.0 Å². The largest absolute Gasteiger partial charge is 0.479 e. The van der Waals surface area contributed by atoms with Crippen molar-refractivity contribution in [3.8, 4) is 24.2 Å². The van der Waals surface area contributed by atoms with Crippen molar-refractivity contribution in [2.75, 3.05) is 11.9 Å². The summed E-state index contributed by atoms with van der Waals surface area (Å²) in [6.45, 7) is 0.163. The van der Waals surface area contributed by atoms with Crippen LogP contribution in [0.5, 0.6) is 5.75 Å². The van der Waals surface area contributed by atoms with Gasteiger partial charge in [-0.1, -0.05) is 29.1 Å². The number of anilines is 1. The first-order valence-corrected chi connectivity index (χ1v) is 10.2. The van der Waals surface area contributed by atoms with E-state index in [1.54, 1.807) is 24.3 Å². The van der Waals surface area contributed by atoms with Gasteiger partial charge in [-0.25, -0.2) is 0 Å². The maximum absolute atomic E-state index is 12.4. The molecule has 0 saturated heterocycles. The summed E-state index contributed by atoms with van der Waals surface area (Å²) in [6.07, 6.45) is 6.72. The lowest BCUT2D eigenvalue weighted by atomic mass is 10.1. The number of amides is 1. The maximum Gasteiger partial charge on any atom is 0.266 e. The third-order valence-corrected chi connectivity index (χ3v) is 5.52. The Balaban J connectivity index is 2.27. The fourth-order valence-corrected chi connectivity index (χ4v) is 4.43. The van der Waals surface area contributed by atoms with E-state index in [1.165, 1.54) is 12.1 Å². The summed E-state index contributed by atoms with van der Waals surface area (Å²) in [5.74, 6) is 2.54. The van der Waals surface area contributed by atoms with Gasteiger partial charge < -0.3 is 10.1 Å². The van der Waals surface area contributed by atoms with Crippen LogP contribution >= 0.6 is 68.4 Å². The van der Waals surface area contributed by atoms with Crippen molar-refractivity contribution in [1.82, 2.24) is 0 Å². The molecular weight excluding hydrogens is 613 g/mol. The Bertz CT molecular complexity index is 985. The first kappa shape index (κ1) is 21.8. The number of ether oxygens (including phenoxy) is 1. The van der Waals surface area contributed by atoms with Crippen LogP contribution < -0.4 is 10.1 Å². The molecule has 0 aromatic heterocycles. The zero-order valence-corrected chi connectivity index (χ0v) is 19.4. The van der Waals surface area contributed by atoms with Crippen LogP contribution in [0.3, 0.4) is 0 Å². The number of benzene rings is 2. The number of carbonyl (C=O) groups is 1. The highest BCUT2D eigenvalue weighted by atomic mass is 127. The minimum Gasteiger partial charge on any atom is -0.479 e. The van der Waals surface area contributed by atoms with Gasteiger partial charge in [-0.2, -0.15) is 5.26 Å². The van der Waals surface area contributed by atoms with E-state index in [1.807, 2.05) is 6.07 Å². The molecule has 0 aliphatic rings. The van der Waals surface area contributed by atoms with Gasteiger partial charge >= 0.3 is 0 Å². The van der Waals surface area contributed by atoms with Gasteiger partial charge in [0.25, 0.3) is 5.91 Å². The normalized spacial score (nSPS) is 10.7. The molecular formula is C19H10Cl2I2N2O2. The molecule has 0 aliphatic heterocycles. The van der Waals surface area contributed by atoms with Crippen molar-refractivity contribution >= 4 is 86.1 Å². The zero-order valence-electron chi connectivity index (χ0n) is 13.5. The van der Waals surface area contributed by atoms with Crippen LogP contribution in [0.25, 0.3) is 6.08 Å². The minimum atomic E-state index is -0.548. The first-order chi connectivity index (χ1) is 12.8. The fourth-order valence-electron chi connectivity index (χ4n) is 2.00. The summed E-state index contributed by atoms with van der Waals surface area (Å²) in [6, 6.07) is 10.2. The summed E-state index contributed by atoms with van der Waals surface area (Å²) in [5, 5.41) is 12.7. The first-order valence-electron chi connectivity index (χ1n) is 7.29. The SMILES string of the molecule is C#CCOc1c(I)cc(/C=C(\C#N)C(=O)Nc2ccc(Cl)c(Cl)c2)cc1I. The van der Waals surface area contributed by atoms with Crippen molar-refractivity contribution < 1.29 is 9.53 Å². The second-order valence-electron chi connectivity index (χ2n) is 5.06. The Hall–Kier alpha value is -1.46. The molecule has 0 bridgehead atoms. The lowest BCUT2D eigenvalue weighted by Crippen LogP contribution is -2.13. The van der Waals surface area contributed by atoms with Crippen molar-refractivity contribution in [3.63, 3.8) is 0 Å². The average Bonchev–Trinajstić information content (AvgIpc) is 2.62. The number of halogens is 4. The summed E-state index contributed by atoms with van der Waals surface area (Å²) in [4.78, 5) is 12.4. The lowest BCUT2D eigenvalue weighted by Gasteiger charge is -2.09. The van der Waals surface area contributed by atoms with Gasteiger partial charge in [-0.05, 0) is 87.2 Å². The molecule has 2 aromatic rings. The molecule has 27 heavy (non-hydrogen) atoms. The molecule has 8 heteroatoms. The Labute approximate surface area is 194 Å². The highest BCUT2D eigenvalue weighted by Crippen LogP contribution is 2.30. The third-order valence-electron chi connectivity index (χ3n) is 3.17. The van der Waals surface area contributed by atoms with Gasteiger partial charge in [-0.15, -0.1) is 6.42 Å². The van der Waals surface area contributed by atoms with Crippen molar-refractivity contribution in [2.24, 2.45) is 0 Å². The van der Waals surface area contributed by atoms with E-state index in [-0.39, 0.29) is 12.2 Å². The molecule has 1 N–H and O–H groups in total. The molecule has 0 heterocycles. The molecule has 0 saturated carbocycles. The molecule has 0 radical (unpaired) electrons. The van der Waals surface area contributed by atoms with Gasteiger partial charge in [0.2, 0.25) is 0 Å². The minimum absolute atomic E-state index is 0.0510. The van der Waals surface area contributed by atoms with Gasteiger partial charge in [0, 0.05) is 5.69 Å². The van der Waals surface area contributed by atoms with Crippen molar-refractivity contribution in [2.45, 2.75) is 0 Å². The number of rotatable bonds is 5. The van der Waals surface area contributed by atoms with E-state index < -0.39 is 5.91 Å².